The molecule has 29 heavy (non-hydrogen) atoms. The number of amides is 1. The van der Waals surface area contributed by atoms with E-state index < -0.39 is 17.7 Å². The van der Waals surface area contributed by atoms with Gasteiger partial charge in [0.25, 0.3) is 5.92 Å². The van der Waals surface area contributed by atoms with Gasteiger partial charge in [0.1, 0.15) is 5.92 Å². The first-order chi connectivity index (χ1) is 13.9. The van der Waals surface area contributed by atoms with Gasteiger partial charge >= 0.3 is 0 Å². The van der Waals surface area contributed by atoms with E-state index in [9.17, 15) is 13.6 Å². The minimum Gasteiger partial charge on any atom is -0.332 e. The molecular formula is C20H22F2N6O. The van der Waals surface area contributed by atoms with Crippen LogP contribution in [-0.4, -0.2) is 48.6 Å². The Bertz CT molecular complexity index is 987. The first kappa shape index (κ1) is 18.2. The van der Waals surface area contributed by atoms with E-state index in [0.717, 1.165) is 36.3 Å². The maximum absolute atomic E-state index is 13.4. The van der Waals surface area contributed by atoms with Crippen LogP contribution in [0, 0.1) is 5.92 Å². The average molecular weight is 400 g/mol. The zero-order valence-corrected chi connectivity index (χ0v) is 16.1. The summed E-state index contributed by atoms with van der Waals surface area (Å²) < 4.78 is 28.6. The van der Waals surface area contributed by atoms with Gasteiger partial charge in [-0.25, -0.2) is 18.7 Å². The third-order valence-electron chi connectivity index (χ3n) is 5.97. The van der Waals surface area contributed by atoms with Crippen LogP contribution in [0.5, 0.6) is 0 Å². The highest BCUT2D eigenvalue weighted by Crippen LogP contribution is 2.51. The Morgan fingerprint density at radius 1 is 1.38 bits per heavy atom. The third-order valence-corrected chi connectivity index (χ3v) is 5.97. The molecule has 0 radical (unpaired) electrons. The third kappa shape index (κ3) is 3.28. The summed E-state index contributed by atoms with van der Waals surface area (Å²) in [5, 5.41) is 7.38. The lowest BCUT2D eigenvalue weighted by Gasteiger charge is -2.34. The summed E-state index contributed by atoms with van der Waals surface area (Å²) in [4.78, 5) is 23.1. The number of nitrogens with one attached hydrogen (secondary N) is 1. The van der Waals surface area contributed by atoms with E-state index in [1.165, 1.54) is 0 Å². The van der Waals surface area contributed by atoms with Crippen LogP contribution in [0.1, 0.15) is 38.3 Å². The molecule has 152 valence electrons. The van der Waals surface area contributed by atoms with Crippen LogP contribution < -0.4 is 5.32 Å². The van der Waals surface area contributed by atoms with Crippen molar-refractivity contribution in [1.82, 2.24) is 24.6 Å². The molecule has 1 amide bonds. The number of alkyl halides is 2. The summed E-state index contributed by atoms with van der Waals surface area (Å²) in [6.07, 6.45) is 9.28. The number of nitrogens with zero attached hydrogens (tertiary/aromatic N) is 5. The molecule has 2 aromatic heterocycles. The van der Waals surface area contributed by atoms with Gasteiger partial charge in [-0.2, -0.15) is 5.10 Å². The van der Waals surface area contributed by atoms with Crippen LogP contribution in [0.4, 0.5) is 20.4 Å². The van der Waals surface area contributed by atoms with Crippen LogP contribution in [0.25, 0.3) is 5.57 Å². The van der Waals surface area contributed by atoms with Crippen LogP contribution in [0.15, 0.2) is 30.7 Å². The van der Waals surface area contributed by atoms with Gasteiger partial charge in [-0.15, -0.1) is 0 Å². The second kappa shape index (κ2) is 6.60. The van der Waals surface area contributed by atoms with E-state index in [2.05, 4.69) is 20.4 Å². The Morgan fingerprint density at radius 3 is 2.90 bits per heavy atom. The van der Waals surface area contributed by atoms with Gasteiger partial charge in [-0.05, 0) is 37.8 Å². The molecule has 1 aliphatic carbocycles. The van der Waals surface area contributed by atoms with Crippen molar-refractivity contribution in [2.45, 2.75) is 57.2 Å². The Balaban J connectivity index is 1.34. The van der Waals surface area contributed by atoms with E-state index in [1.54, 1.807) is 17.3 Å². The molecule has 5 rings (SSSR count). The first-order valence-electron chi connectivity index (χ1n) is 9.98. The Kier molecular flexibility index (Phi) is 4.15. The Labute approximate surface area is 166 Å². The maximum atomic E-state index is 13.4. The number of carbonyl (C=O) groups excluding carboxylic acids is 1. The predicted molar refractivity (Wildman–Crippen MR) is 103 cm³/mol. The molecule has 3 aliphatic rings. The van der Waals surface area contributed by atoms with Crippen LogP contribution in [0.3, 0.4) is 0 Å². The minimum atomic E-state index is -2.82. The highest BCUT2D eigenvalue weighted by atomic mass is 19.3. The van der Waals surface area contributed by atoms with Crippen molar-refractivity contribution in [2.75, 3.05) is 5.32 Å². The molecule has 2 aromatic rings. The van der Waals surface area contributed by atoms with E-state index in [4.69, 9.17) is 0 Å². The lowest BCUT2D eigenvalue weighted by molar-refractivity contribution is -0.137. The lowest BCUT2D eigenvalue weighted by atomic mass is 9.98. The summed E-state index contributed by atoms with van der Waals surface area (Å²) in [5.74, 6) is -3.86. The van der Waals surface area contributed by atoms with Gasteiger partial charge < -0.3 is 10.2 Å². The highest BCUT2D eigenvalue weighted by Gasteiger charge is 2.63. The van der Waals surface area contributed by atoms with Crippen molar-refractivity contribution < 1.29 is 13.6 Å². The molecular weight excluding hydrogens is 378 g/mol. The fourth-order valence-electron chi connectivity index (χ4n) is 4.35. The second-order valence-electron chi connectivity index (χ2n) is 7.93. The normalized spacial score (nSPS) is 26.9. The number of anilines is 2. The quantitative estimate of drug-likeness (QED) is 0.834. The molecule has 9 heteroatoms. The number of aryl methyl sites for hydroxylation is 1. The summed E-state index contributed by atoms with van der Waals surface area (Å²) in [5.41, 5.74) is 2.65. The number of halogens is 2. The molecule has 7 nitrogen and oxygen atoms in total. The molecule has 1 saturated heterocycles. The van der Waals surface area contributed by atoms with Crippen molar-refractivity contribution in [1.29, 1.82) is 0 Å². The molecule has 2 fully saturated rings. The predicted octanol–water partition coefficient (Wildman–Crippen LogP) is 3.24. The topological polar surface area (TPSA) is 75.9 Å². The molecule has 3 atom stereocenters. The monoisotopic (exact) mass is 400 g/mol. The van der Waals surface area contributed by atoms with Crippen molar-refractivity contribution >= 4 is 23.1 Å². The smallest absolute Gasteiger partial charge is 0.260 e. The van der Waals surface area contributed by atoms with Crippen LogP contribution in [0.2, 0.25) is 0 Å². The average Bonchev–Trinajstić information content (AvgIpc) is 3.01. The second-order valence-corrected chi connectivity index (χ2v) is 7.93. The number of carbonyl (C=O) groups is 1. The van der Waals surface area contributed by atoms with Crippen LogP contribution >= 0.6 is 0 Å². The molecule has 0 spiro atoms. The molecule has 1 N–H and O–H groups in total. The SMILES string of the molecule is CCn1cc(Nc2nccc(C3=CC4CCC(C3)N4C(=O)[C@@H]3CC3(F)F)n2)cn1. The molecule has 2 aliphatic heterocycles. The van der Waals surface area contributed by atoms with E-state index in [-0.39, 0.29) is 18.5 Å². The summed E-state index contributed by atoms with van der Waals surface area (Å²) in [6, 6.07) is 1.69. The summed E-state index contributed by atoms with van der Waals surface area (Å²) in [6.45, 7) is 2.79. The highest BCUT2D eigenvalue weighted by molar-refractivity contribution is 5.85. The van der Waals surface area contributed by atoms with Gasteiger partial charge in [0.05, 0.1) is 23.6 Å². The molecule has 4 heterocycles. The molecule has 2 bridgehead atoms. The van der Waals surface area contributed by atoms with Crippen molar-refractivity contribution in [3.8, 4) is 0 Å². The molecule has 2 unspecified atom stereocenters. The van der Waals surface area contributed by atoms with Gasteiger partial charge in [0.15, 0.2) is 0 Å². The largest absolute Gasteiger partial charge is 0.332 e. The van der Waals surface area contributed by atoms with Gasteiger partial charge in [0, 0.05) is 31.4 Å². The fraction of sp³-hybridized carbons (Fsp3) is 0.500. The number of hydrogen-bond donors (Lipinski definition) is 1. The first-order valence-corrected chi connectivity index (χ1v) is 9.98. The molecule has 0 aromatic carbocycles. The Hall–Kier alpha value is -2.84. The van der Waals surface area contributed by atoms with Gasteiger partial charge in [-0.1, -0.05) is 6.08 Å². The minimum absolute atomic E-state index is 0.0296. The number of aromatic nitrogens is 4. The van der Waals surface area contributed by atoms with Gasteiger partial charge in [0.2, 0.25) is 11.9 Å². The fourth-order valence-corrected chi connectivity index (χ4v) is 4.35. The zero-order valence-electron chi connectivity index (χ0n) is 16.1. The number of hydrogen-bond acceptors (Lipinski definition) is 5. The van der Waals surface area contributed by atoms with Crippen molar-refractivity contribution in [3.63, 3.8) is 0 Å². The van der Waals surface area contributed by atoms with E-state index in [1.807, 2.05) is 29.9 Å². The zero-order chi connectivity index (χ0) is 20.2. The van der Waals surface area contributed by atoms with Crippen molar-refractivity contribution in [3.05, 3.63) is 36.4 Å². The summed E-state index contributed by atoms with van der Waals surface area (Å²) >= 11 is 0. The van der Waals surface area contributed by atoms with E-state index in [0.29, 0.717) is 12.4 Å². The standard InChI is InChI=1S/C20H22F2N6O/c1-2-27-11-13(10-24-27)25-19-23-6-5-17(26-19)12-7-14-3-4-15(8-12)28(14)18(29)16-9-20(16,21)22/h5-7,10-11,14-16H,2-4,8-9H2,1H3,(H,23,25,26)/t14?,15?,16-/m0/s1. The van der Waals surface area contributed by atoms with E-state index >= 15 is 0 Å². The van der Waals surface area contributed by atoms with Crippen LogP contribution in [-0.2, 0) is 11.3 Å². The summed E-state index contributed by atoms with van der Waals surface area (Å²) in [7, 11) is 0. The van der Waals surface area contributed by atoms with Crippen molar-refractivity contribution in [2.24, 2.45) is 5.92 Å². The maximum Gasteiger partial charge on any atom is 0.260 e. The molecule has 1 saturated carbocycles. The van der Waals surface area contributed by atoms with Gasteiger partial charge in [-0.3, -0.25) is 9.48 Å². The Morgan fingerprint density at radius 2 is 2.21 bits per heavy atom. The number of fused-ring (bicyclic) bond motifs is 2. The number of rotatable bonds is 5. The lowest BCUT2D eigenvalue weighted by Crippen LogP contribution is -2.44.